The Morgan fingerprint density at radius 2 is 1.74 bits per heavy atom. The molecule has 0 bridgehead atoms. The first kappa shape index (κ1) is 20.9. The highest BCUT2D eigenvalue weighted by Gasteiger charge is 2.21. The third kappa shape index (κ3) is 5.21. The van der Waals surface area contributed by atoms with Gasteiger partial charge in [0, 0.05) is 23.8 Å². The molecule has 3 aromatic rings. The fourth-order valence-corrected chi connectivity index (χ4v) is 3.67. The molecule has 1 aliphatic rings. The van der Waals surface area contributed by atoms with E-state index in [4.69, 9.17) is 19.9 Å². The first-order valence-electron chi connectivity index (χ1n) is 10.3. The molecule has 1 aromatic carbocycles. The van der Waals surface area contributed by atoms with Crippen molar-refractivity contribution in [3.63, 3.8) is 0 Å². The highest BCUT2D eigenvalue weighted by molar-refractivity contribution is 5.61. The van der Waals surface area contributed by atoms with E-state index in [-0.39, 0.29) is 12.1 Å². The van der Waals surface area contributed by atoms with Gasteiger partial charge in [-0.25, -0.2) is 4.98 Å². The van der Waals surface area contributed by atoms with E-state index in [0.717, 1.165) is 42.7 Å². The quantitative estimate of drug-likeness (QED) is 0.589. The van der Waals surface area contributed by atoms with Crippen LogP contribution >= 0.6 is 0 Å². The van der Waals surface area contributed by atoms with Crippen LogP contribution < -0.4 is 25.3 Å². The van der Waals surface area contributed by atoms with Gasteiger partial charge in [-0.3, -0.25) is 4.98 Å². The molecular formula is C23H27N5O3. The van der Waals surface area contributed by atoms with E-state index in [1.165, 1.54) is 0 Å². The van der Waals surface area contributed by atoms with Gasteiger partial charge in [-0.2, -0.15) is 4.98 Å². The number of benzene rings is 1. The molecule has 0 radical (unpaired) electrons. The van der Waals surface area contributed by atoms with Crippen LogP contribution in [0.15, 0.2) is 48.9 Å². The molecule has 1 saturated carbocycles. The van der Waals surface area contributed by atoms with E-state index >= 15 is 0 Å². The van der Waals surface area contributed by atoms with Gasteiger partial charge in [-0.15, -0.1) is 0 Å². The van der Waals surface area contributed by atoms with Crippen LogP contribution in [0, 0.1) is 0 Å². The van der Waals surface area contributed by atoms with Gasteiger partial charge in [0.2, 0.25) is 5.88 Å². The number of nitrogens with two attached hydrogens (primary N) is 1. The Morgan fingerprint density at radius 3 is 2.48 bits per heavy atom. The summed E-state index contributed by atoms with van der Waals surface area (Å²) in [7, 11) is 3.23. The first-order valence-corrected chi connectivity index (χ1v) is 10.3. The average Bonchev–Trinajstić information content (AvgIpc) is 2.81. The Morgan fingerprint density at radius 1 is 0.968 bits per heavy atom. The number of hydrogen-bond donors (Lipinski definition) is 2. The van der Waals surface area contributed by atoms with Crippen molar-refractivity contribution in [1.29, 1.82) is 0 Å². The summed E-state index contributed by atoms with van der Waals surface area (Å²) >= 11 is 0. The van der Waals surface area contributed by atoms with Gasteiger partial charge in [0.05, 0.1) is 26.6 Å². The molecule has 162 valence electrons. The van der Waals surface area contributed by atoms with Crippen molar-refractivity contribution in [1.82, 2.24) is 15.0 Å². The van der Waals surface area contributed by atoms with Crippen LogP contribution in [0.4, 0.5) is 5.69 Å². The predicted molar refractivity (Wildman–Crippen MR) is 119 cm³/mol. The van der Waals surface area contributed by atoms with Crippen LogP contribution in [0.1, 0.15) is 25.7 Å². The number of anilines is 1. The molecule has 2 aromatic heterocycles. The van der Waals surface area contributed by atoms with E-state index in [2.05, 4.69) is 20.3 Å². The molecule has 0 saturated heterocycles. The zero-order chi connectivity index (χ0) is 21.6. The number of aromatic nitrogens is 3. The monoisotopic (exact) mass is 421 g/mol. The molecule has 31 heavy (non-hydrogen) atoms. The molecule has 0 amide bonds. The molecule has 0 spiro atoms. The summed E-state index contributed by atoms with van der Waals surface area (Å²) in [6.45, 7) is 0. The maximum Gasteiger partial charge on any atom is 0.246 e. The third-order valence-electron chi connectivity index (χ3n) is 5.31. The predicted octanol–water partition coefficient (Wildman–Crippen LogP) is 4.03. The van der Waals surface area contributed by atoms with Gasteiger partial charge >= 0.3 is 0 Å². The first-order chi connectivity index (χ1) is 15.1. The second-order valence-electron chi connectivity index (χ2n) is 7.57. The number of hydrogen-bond acceptors (Lipinski definition) is 8. The lowest BCUT2D eigenvalue weighted by atomic mass is 9.91. The van der Waals surface area contributed by atoms with Crippen LogP contribution in [0.3, 0.4) is 0 Å². The third-order valence-corrected chi connectivity index (χ3v) is 5.31. The number of methoxy groups -OCH3 is 2. The van der Waals surface area contributed by atoms with Crippen molar-refractivity contribution >= 4 is 5.69 Å². The summed E-state index contributed by atoms with van der Waals surface area (Å²) in [5.41, 5.74) is 7.63. The fraction of sp³-hybridized carbons (Fsp3) is 0.348. The summed E-state index contributed by atoms with van der Waals surface area (Å²) in [6, 6.07) is 9.68. The number of rotatable bonds is 7. The number of pyridine rings is 1. The van der Waals surface area contributed by atoms with Gasteiger partial charge in [-0.1, -0.05) is 0 Å². The average molecular weight is 422 g/mol. The van der Waals surface area contributed by atoms with Crippen molar-refractivity contribution in [2.45, 2.75) is 37.8 Å². The minimum Gasteiger partial charge on any atom is -0.497 e. The maximum absolute atomic E-state index is 6.16. The lowest BCUT2D eigenvalue weighted by Gasteiger charge is -2.28. The topological polar surface area (TPSA) is 104 Å². The highest BCUT2D eigenvalue weighted by Crippen LogP contribution is 2.32. The van der Waals surface area contributed by atoms with E-state index < -0.39 is 0 Å². The zero-order valence-electron chi connectivity index (χ0n) is 17.7. The lowest BCUT2D eigenvalue weighted by Crippen LogP contribution is -2.35. The molecule has 0 aliphatic heterocycles. The van der Waals surface area contributed by atoms with E-state index in [9.17, 15) is 0 Å². The summed E-state index contributed by atoms with van der Waals surface area (Å²) in [5, 5.41) is 3.53. The van der Waals surface area contributed by atoms with Crippen molar-refractivity contribution in [3.8, 4) is 34.5 Å². The molecule has 0 unspecified atom stereocenters. The molecule has 1 aliphatic carbocycles. The largest absolute Gasteiger partial charge is 0.497 e. The van der Waals surface area contributed by atoms with Gasteiger partial charge < -0.3 is 25.3 Å². The maximum atomic E-state index is 6.16. The highest BCUT2D eigenvalue weighted by atomic mass is 16.5. The van der Waals surface area contributed by atoms with Crippen molar-refractivity contribution < 1.29 is 14.2 Å². The SMILES string of the molecule is COc1ccc(Oc2nc(-c3cncc(OC)c3)ncc2N[C@H]2CCC[C@@H](N)C2)cc1. The molecule has 2 atom stereocenters. The van der Waals surface area contributed by atoms with Crippen LogP contribution in [-0.2, 0) is 0 Å². The summed E-state index contributed by atoms with van der Waals surface area (Å²) in [4.78, 5) is 13.4. The summed E-state index contributed by atoms with van der Waals surface area (Å²) in [6.07, 6.45) is 9.21. The molecular weight excluding hydrogens is 394 g/mol. The van der Waals surface area contributed by atoms with E-state index in [1.54, 1.807) is 32.8 Å². The van der Waals surface area contributed by atoms with Gasteiger partial charge in [0.25, 0.3) is 0 Å². The molecule has 1 fully saturated rings. The second kappa shape index (κ2) is 9.61. The number of nitrogens with one attached hydrogen (secondary N) is 1. The standard InChI is InChI=1S/C23H27N5O3/c1-29-18-6-8-19(9-7-18)31-23-21(27-17-5-3-4-16(24)11-17)14-26-22(28-23)15-10-20(30-2)13-25-12-15/h6-10,12-14,16-17,27H,3-5,11,24H2,1-2H3/t16-,17+/m1/s1. The smallest absolute Gasteiger partial charge is 0.246 e. The molecule has 8 nitrogen and oxygen atoms in total. The Balaban J connectivity index is 1.65. The zero-order valence-corrected chi connectivity index (χ0v) is 17.7. The van der Waals surface area contributed by atoms with Crippen LogP contribution in [-0.4, -0.2) is 41.3 Å². The minimum absolute atomic E-state index is 0.209. The van der Waals surface area contributed by atoms with Crippen LogP contribution in [0.2, 0.25) is 0 Å². The Labute approximate surface area is 181 Å². The summed E-state index contributed by atoms with van der Waals surface area (Å²) < 4.78 is 16.6. The molecule has 2 heterocycles. The van der Waals surface area contributed by atoms with Gasteiger partial charge in [0.15, 0.2) is 5.82 Å². The van der Waals surface area contributed by atoms with Crippen molar-refractivity contribution in [2.24, 2.45) is 5.73 Å². The van der Waals surface area contributed by atoms with E-state index in [1.807, 2.05) is 30.3 Å². The fourth-order valence-electron chi connectivity index (χ4n) is 3.67. The lowest BCUT2D eigenvalue weighted by molar-refractivity contribution is 0.405. The van der Waals surface area contributed by atoms with Crippen molar-refractivity contribution in [2.75, 3.05) is 19.5 Å². The normalized spacial score (nSPS) is 18.3. The molecule has 4 rings (SSSR count). The van der Waals surface area contributed by atoms with Crippen molar-refractivity contribution in [3.05, 3.63) is 48.9 Å². The Hall–Kier alpha value is -3.39. The van der Waals surface area contributed by atoms with Crippen LogP contribution in [0.25, 0.3) is 11.4 Å². The summed E-state index contributed by atoms with van der Waals surface area (Å²) in [5.74, 6) is 2.99. The number of ether oxygens (including phenoxy) is 3. The number of nitrogens with zero attached hydrogens (tertiary/aromatic N) is 3. The van der Waals surface area contributed by atoms with Gasteiger partial charge in [0.1, 0.15) is 22.9 Å². The van der Waals surface area contributed by atoms with E-state index in [0.29, 0.717) is 23.2 Å². The van der Waals surface area contributed by atoms with Gasteiger partial charge in [-0.05, 0) is 56.0 Å². The Bertz CT molecular complexity index is 1010. The van der Waals surface area contributed by atoms with Crippen LogP contribution in [0.5, 0.6) is 23.1 Å². The second-order valence-corrected chi connectivity index (χ2v) is 7.57. The minimum atomic E-state index is 0.209. The molecule has 3 N–H and O–H groups in total. The molecule has 8 heteroatoms. The Kier molecular flexibility index (Phi) is 6.47.